The summed E-state index contributed by atoms with van der Waals surface area (Å²) in [6.45, 7) is 4.58. The van der Waals surface area contributed by atoms with E-state index in [1.165, 1.54) is 9.80 Å². The fourth-order valence-corrected chi connectivity index (χ4v) is 2.72. The molecule has 1 atom stereocenters. The third-order valence-corrected chi connectivity index (χ3v) is 4.20. The molecule has 132 valence electrons. The number of aromatic nitrogens is 2. The average molecular weight is 336 g/mol. The van der Waals surface area contributed by atoms with Gasteiger partial charge in [-0.25, -0.2) is 0 Å². The largest absolute Gasteiger partial charge is 0.481 e. The van der Waals surface area contributed by atoms with Crippen LogP contribution in [0.3, 0.4) is 0 Å². The van der Waals surface area contributed by atoms with Crippen molar-refractivity contribution >= 4 is 17.8 Å². The van der Waals surface area contributed by atoms with Crippen molar-refractivity contribution in [3.63, 3.8) is 0 Å². The van der Waals surface area contributed by atoms with Gasteiger partial charge in [-0.15, -0.1) is 0 Å². The minimum atomic E-state index is -0.879. The highest BCUT2D eigenvalue weighted by Crippen LogP contribution is 2.17. The van der Waals surface area contributed by atoms with Crippen LogP contribution in [0.1, 0.15) is 43.2 Å². The minimum Gasteiger partial charge on any atom is -0.481 e. The molecule has 0 aliphatic carbocycles. The highest BCUT2D eigenvalue weighted by Gasteiger charge is 2.29. The minimum absolute atomic E-state index is 0.0836. The maximum atomic E-state index is 12.4. The number of nitrogens with zero attached hydrogens (tertiary/aromatic N) is 4. The smallest absolute Gasteiger partial charge is 0.308 e. The Hall–Kier alpha value is -2.38. The molecule has 1 saturated heterocycles. The summed E-state index contributed by atoms with van der Waals surface area (Å²) in [6, 6.07) is 1.78. The normalized spacial score (nSPS) is 17.8. The molecule has 24 heavy (non-hydrogen) atoms. The van der Waals surface area contributed by atoms with Crippen molar-refractivity contribution in [1.29, 1.82) is 0 Å². The van der Waals surface area contributed by atoms with Crippen LogP contribution >= 0.6 is 0 Å². The van der Waals surface area contributed by atoms with Crippen LogP contribution < -0.4 is 0 Å². The van der Waals surface area contributed by atoms with E-state index in [-0.39, 0.29) is 30.9 Å². The maximum Gasteiger partial charge on any atom is 0.308 e. The molecule has 0 saturated carbocycles. The number of amides is 2. The number of hydrogen-bond acceptors (Lipinski definition) is 4. The van der Waals surface area contributed by atoms with Crippen molar-refractivity contribution in [3.8, 4) is 0 Å². The van der Waals surface area contributed by atoms with Crippen LogP contribution in [0.15, 0.2) is 12.3 Å². The van der Waals surface area contributed by atoms with Crippen molar-refractivity contribution in [1.82, 2.24) is 19.6 Å². The Morgan fingerprint density at radius 1 is 1.42 bits per heavy atom. The molecule has 1 aromatic rings. The first-order valence-electron chi connectivity index (χ1n) is 8.10. The molecule has 8 nitrogen and oxygen atoms in total. The zero-order valence-electron chi connectivity index (χ0n) is 14.3. The summed E-state index contributed by atoms with van der Waals surface area (Å²) in [6.07, 6.45) is 2.98. The van der Waals surface area contributed by atoms with Gasteiger partial charge in [0.1, 0.15) is 5.69 Å². The third-order valence-electron chi connectivity index (χ3n) is 4.20. The number of piperidine rings is 1. The van der Waals surface area contributed by atoms with E-state index >= 15 is 0 Å². The highest BCUT2D eigenvalue weighted by atomic mass is 16.4. The van der Waals surface area contributed by atoms with E-state index in [0.29, 0.717) is 25.1 Å². The zero-order chi connectivity index (χ0) is 17.9. The van der Waals surface area contributed by atoms with Crippen LogP contribution in [-0.4, -0.2) is 69.2 Å². The van der Waals surface area contributed by atoms with Gasteiger partial charge in [-0.1, -0.05) is 0 Å². The monoisotopic (exact) mass is 336 g/mol. The Labute approximate surface area is 141 Å². The average Bonchev–Trinajstić information content (AvgIpc) is 3.04. The fraction of sp³-hybridized carbons (Fsp3) is 0.625. The molecule has 0 bridgehead atoms. The molecule has 1 N–H and O–H groups in total. The first-order valence-corrected chi connectivity index (χ1v) is 8.10. The molecule has 2 heterocycles. The first-order chi connectivity index (χ1) is 11.3. The van der Waals surface area contributed by atoms with Crippen molar-refractivity contribution < 1.29 is 19.5 Å². The van der Waals surface area contributed by atoms with Crippen LogP contribution in [0.2, 0.25) is 0 Å². The predicted molar refractivity (Wildman–Crippen MR) is 86.5 cm³/mol. The standard InChI is InChI=1S/C16H24N4O4/c1-11(2)20-8-6-13(17-20)15(22)18(3)10-14(21)19-7-4-5-12(9-19)16(23)24/h6,8,11-12H,4-5,7,9-10H2,1-3H3,(H,23,24). The lowest BCUT2D eigenvalue weighted by molar-refractivity contribution is -0.145. The van der Waals surface area contributed by atoms with Gasteiger partial charge >= 0.3 is 5.97 Å². The summed E-state index contributed by atoms with van der Waals surface area (Å²) >= 11 is 0. The number of carboxylic acid groups (broad SMARTS) is 1. The van der Waals surface area contributed by atoms with Crippen LogP contribution in [0.4, 0.5) is 0 Å². The summed E-state index contributed by atoms with van der Waals surface area (Å²) in [5.41, 5.74) is 0.293. The van der Waals surface area contributed by atoms with Crippen LogP contribution in [0, 0.1) is 5.92 Å². The molecule has 1 aliphatic heterocycles. The van der Waals surface area contributed by atoms with E-state index < -0.39 is 11.9 Å². The van der Waals surface area contributed by atoms with Crippen molar-refractivity contribution in [2.75, 3.05) is 26.7 Å². The number of likely N-dealkylation sites (tertiary alicyclic amines) is 1. The second-order valence-corrected chi connectivity index (χ2v) is 6.45. The lowest BCUT2D eigenvalue weighted by atomic mass is 9.98. The van der Waals surface area contributed by atoms with Gasteiger partial charge in [0.25, 0.3) is 5.91 Å². The second-order valence-electron chi connectivity index (χ2n) is 6.45. The van der Waals surface area contributed by atoms with Crippen molar-refractivity contribution in [2.45, 2.75) is 32.7 Å². The lowest BCUT2D eigenvalue weighted by Crippen LogP contribution is -2.47. The van der Waals surface area contributed by atoms with Crippen LogP contribution in [0.25, 0.3) is 0 Å². The number of aliphatic carboxylic acids is 1. The summed E-state index contributed by atoms with van der Waals surface area (Å²) in [4.78, 5) is 38.6. The summed E-state index contributed by atoms with van der Waals surface area (Å²) in [7, 11) is 1.55. The molecule has 8 heteroatoms. The van der Waals surface area contributed by atoms with E-state index in [4.69, 9.17) is 5.11 Å². The molecule has 1 unspecified atom stereocenters. The van der Waals surface area contributed by atoms with Gasteiger partial charge in [0.15, 0.2) is 0 Å². The van der Waals surface area contributed by atoms with Gasteiger partial charge in [0.2, 0.25) is 5.91 Å². The molecule has 1 fully saturated rings. The number of carboxylic acids is 1. The van der Waals surface area contributed by atoms with Crippen molar-refractivity contribution in [3.05, 3.63) is 18.0 Å². The molecular formula is C16H24N4O4. The van der Waals surface area contributed by atoms with Gasteiger partial charge in [-0.2, -0.15) is 5.10 Å². The molecule has 1 aliphatic rings. The summed E-state index contributed by atoms with van der Waals surface area (Å²) in [5, 5.41) is 13.3. The molecular weight excluding hydrogens is 312 g/mol. The Bertz CT molecular complexity index is 625. The number of carbonyl (C=O) groups excluding carboxylic acids is 2. The van der Waals surface area contributed by atoms with Gasteiger partial charge in [0, 0.05) is 32.4 Å². The summed E-state index contributed by atoms with van der Waals surface area (Å²) < 4.78 is 1.69. The van der Waals surface area contributed by atoms with E-state index in [1.54, 1.807) is 24.0 Å². The topological polar surface area (TPSA) is 95.7 Å². The molecule has 0 aromatic carbocycles. The quantitative estimate of drug-likeness (QED) is 0.860. The third kappa shape index (κ3) is 4.12. The van der Waals surface area contributed by atoms with Crippen LogP contribution in [-0.2, 0) is 9.59 Å². The number of carbonyl (C=O) groups is 3. The lowest BCUT2D eigenvalue weighted by Gasteiger charge is -2.31. The van der Waals surface area contributed by atoms with E-state index in [9.17, 15) is 14.4 Å². The van der Waals surface area contributed by atoms with E-state index in [0.717, 1.165) is 0 Å². The highest BCUT2D eigenvalue weighted by molar-refractivity contribution is 5.94. The first kappa shape index (κ1) is 18.0. The molecule has 2 amide bonds. The molecule has 2 rings (SSSR count). The van der Waals surface area contributed by atoms with E-state index in [1.807, 2.05) is 13.8 Å². The molecule has 1 aromatic heterocycles. The fourth-order valence-electron chi connectivity index (χ4n) is 2.72. The predicted octanol–water partition coefficient (Wildman–Crippen LogP) is 0.859. The van der Waals surface area contributed by atoms with Gasteiger partial charge in [0.05, 0.1) is 12.5 Å². The van der Waals surface area contributed by atoms with Gasteiger partial charge in [-0.05, 0) is 32.8 Å². The Morgan fingerprint density at radius 3 is 2.71 bits per heavy atom. The Morgan fingerprint density at radius 2 is 2.12 bits per heavy atom. The van der Waals surface area contributed by atoms with Gasteiger partial charge in [-0.3, -0.25) is 19.1 Å². The Balaban J connectivity index is 1.95. The number of hydrogen-bond donors (Lipinski definition) is 1. The number of likely N-dealkylation sites (N-methyl/N-ethyl adjacent to an activating group) is 1. The number of rotatable bonds is 5. The molecule has 0 spiro atoms. The maximum absolute atomic E-state index is 12.4. The van der Waals surface area contributed by atoms with Gasteiger partial charge < -0.3 is 14.9 Å². The Kier molecular flexibility index (Phi) is 5.58. The zero-order valence-corrected chi connectivity index (χ0v) is 14.3. The van der Waals surface area contributed by atoms with Crippen molar-refractivity contribution in [2.24, 2.45) is 5.92 Å². The summed E-state index contributed by atoms with van der Waals surface area (Å²) in [5.74, 6) is -1.96. The van der Waals surface area contributed by atoms with E-state index in [2.05, 4.69) is 5.10 Å². The SMILES string of the molecule is CC(C)n1ccc(C(=O)N(C)CC(=O)N2CCCC(C(=O)O)C2)n1. The molecule has 0 radical (unpaired) electrons. The van der Waals surface area contributed by atoms with Crippen LogP contribution in [0.5, 0.6) is 0 Å². The second kappa shape index (κ2) is 7.46.